The van der Waals surface area contributed by atoms with Crippen molar-refractivity contribution >= 4 is 31.6 Å². The summed E-state index contributed by atoms with van der Waals surface area (Å²) in [4.78, 5) is 0.697. The second-order valence-electron chi connectivity index (χ2n) is 4.44. The van der Waals surface area contributed by atoms with E-state index in [4.69, 9.17) is 11.6 Å². The molecule has 0 heterocycles. The van der Waals surface area contributed by atoms with Crippen LogP contribution in [0.25, 0.3) is 0 Å². The van der Waals surface area contributed by atoms with Crippen molar-refractivity contribution in [1.82, 2.24) is 13.5 Å². The molecule has 7 nitrogen and oxygen atoms in total. The molecule has 23 heavy (non-hydrogen) atoms. The highest BCUT2D eigenvalue weighted by Crippen LogP contribution is 2.42. The van der Waals surface area contributed by atoms with E-state index in [1.807, 2.05) is 0 Å². The van der Waals surface area contributed by atoms with Gasteiger partial charge in [-0.25, -0.2) is 16.8 Å². The molecule has 0 unspecified atom stereocenters. The molecule has 0 saturated heterocycles. The van der Waals surface area contributed by atoms with Crippen LogP contribution in [0.3, 0.4) is 0 Å². The summed E-state index contributed by atoms with van der Waals surface area (Å²) < 4.78 is 120. The number of halogens is 7. The SMILES string of the molecule is CN(C)C(Cl)(N(C)C)N(S(=O)(=O)C(F)(F)F)S(=O)(=O)C(F)(F)F. The molecule has 0 spiro atoms. The van der Waals surface area contributed by atoms with Crippen LogP contribution in [-0.4, -0.2) is 74.8 Å². The van der Waals surface area contributed by atoms with Gasteiger partial charge in [0.05, 0.1) is 0 Å². The van der Waals surface area contributed by atoms with Crippen molar-refractivity contribution in [3.63, 3.8) is 0 Å². The fourth-order valence-electron chi connectivity index (χ4n) is 1.35. The topological polar surface area (TPSA) is 78.0 Å². The molecule has 0 aromatic rings. The molecule has 0 aliphatic rings. The lowest BCUT2D eigenvalue weighted by molar-refractivity contribution is -0.0679. The first-order chi connectivity index (χ1) is 9.75. The van der Waals surface area contributed by atoms with E-state index in [2.05, 4.69) is 0 Å². The average molecular weight is 416 g/mol. The molecule has 0 N–H and O–H groups in total. The molecule has 16 heteroatoms. The molecule has 0 aliphatic carbocycles. The van der Waals surface area contributed by atoms with Crippen LogP contribution in [0.1, 0.15) is 0 Å². The maximum absolute atomic E-state index is 12.7. The van der Waals surface area contributed by atoms with Gasteiger partial charge in [0.15, 0.2) is 0 Å². The van der Waals surface area contributed by atoms with Crippen molar-refractivity contribution in [3.8, 4) is 0 Å². The monoisotopic (exact) mass is 415 g/mol. The Morgan fingerprint density at radius 1 is 0.696 bits per heavy atom. The van der Waals surface area contributed by atoms with Gasteiger partial charge in [-0.3, -0.25) is 9.80 Å². The van der Waals surface area contributed by atoms with E-state index in [9.17, 15) is 43.2 Å². The van der Waals surface area contributed by atoms with Gasteiger partial charge in [-0.15, -0.1) is 0 Å². The van der Waals surface area contributed by atoms with Crippen LogP contribution in [-0.2, 0) is 20.0 Å². The summed E-state index contributed by atoms with van der Waals surface area (Å²) in [5.41, 5.74) is -12.7. The van der Waals surface area contributed by atoms with Crippen LogP contribution in [0, 0.1) is 0 Å². The maximum Gasteiger partial charge on any atom is 0.512 e. The van der Waals surface area contributed by atoms with Crippen LogP contribution in [0.5, 0.6) is 0 Å². The van der Waals surface area contributed by atoms with E-state index in [0.29, 0.717) is 9.80 Å². The smallest absolute Gasteiger partial charge is 0.264 e. The summed E-state index contributed by atoms with van der Waals surface area (Å²) in [6.45, 7) is 0. The third kappa shape index (κ3) is 3.68. The van der Waals surface area contributed by atoms with Crippen molar-refractivity contribution in [2.24, 2.45) is 0 Å². The van der Waals surface area contributed by atoms with Gasteiger partial charge in [0, 0.05) is 0 Å². The molecule has 0 fully saturated rings. The predicted molar refractivity (Wildman–Crippen MR) is 67.7 cm³/mol. The number of alkyl halides is 7. The molecule has 0 aliphatic heterocycles. The summed E-state index contributed by atoms with van der Waals surface area (Å²) in [5.74, 6) is 0. The van der Waals surface area contributed by atoms with Gasteiger partial charge in [0.2, 0.25) is 5.25 Å². The Morgan fingerprint density at radius 2 is 0.913 bits per heavy atom. The molecular weight excluding hydrogens is 404 g/mol. The molecular formula is C7H12ClF6N3O4S2. The van der Waals surface area contributed by atoms with E-state index in [1.165, 1.54) is 0 Å². The Labute approximate surface area is 133 Å². The molecule has 0 amide bonds. The van der Waals surface area contributed by atoms with E-state index in [1.54, 1.807) is 0 Å². The average Bonchev–Trinajstić information content (AvgIpc) is 2.23. The van der Waals surface area contributed by atoms with Crippen LogP contribution in [0.15, 0.2) is 0 Å². The van der Waals surface area contributed by atoms with Gasteiger partial charge in [-0.2, -0.15) is 26.3 Å². The second kappa shape index (κ2) is 6.18. The highest BCUT2D eigenvalue weighted by molar-refractivity contribution is 8.04. The summed E-state index contributed by atoms with van der Waals surface area (Å²) in [7, 11) is -10.9. The maximum atomic E-state index is 12.7. The zero-order valence-electron chi connectivity index (χ0n) is 11.9. The van der Waals surface area contributed by atoms with Crippen molar-refractivity contribution < 1.29 is 43.2 Å². The van der Waals surface area contributed by atoms with Crippen molar-refractivity contribution in [3.05, 3.63) is 0 Å². The standard InChI is InChI=1S/C7H12ClF6N3O4S2/c1-15(2)5(8,16(3)4)17(22(18,19)6(9,10)11)23(20,21)7(12,13)14/h1-4H3. The fourth-order valence-corrected chi connectivity index (χ4v) is 5.08. The lowest BCUT2D eigenvalue weighted by Crippen LogP contribution is -2.68. The van der Waals surface area contributed by atoms with E-state index < -0.39 is 40.0 Å². The molecule has 0 saturated carbocycles. The van der Waals surface area contributed by atoms with Crippen molar-refractivity contribution in [1.29, 1.82) is 0 Å². The Hall–Kier alpha value is -0.350. The number of rotatable bonds is 5. The van der Waals surface area contributed by atoms with Gasteiger partial charge in [-0.05, 0) is 31.9 Å². The summed E-state index contributed by atoms with van der Waals surface area (Å²) >= 11 is 5.58. The molecule has 0 bridgehead atoms. The summed E-state index contributed by atoms with van der Waals surface area (Å²) in [5, 5.41) is -3.34. The van der Waals surface area contributed by atoms with Gasteiger partial charge in [0.25, 0.3) is 0 Å². The second-order valence-corrected chi connectivity index (χ2v) is 8.74. The van der Waals surface area contributed by atoms with E-state index in [-0.39, 0.29) is 0 Å². The number of sulfonamides is 2. The van der Waals surface area contributed by atoms with Crippen LogP contribution in [0.4, 0.5) is 26.3 Å². The van der Waals surface area contributed by atoms with Crippen LogP contribution >= 0.6 is 11.6 Å². The molecule has 0 aromatic carbocycles. The highest BCUT2D eigenvalue weighted by atomic mass is 35.5. The minimum atomic E-state index is -7.02. The first-order valence-corrected chi connectivity index (χ1v) is 8.48. The predicted octanol–water partition coefficient (Wildman–Crippen LogP) is 0.961. The third-order valence-electron chi connectivity index (χ3n) is 2.39. The van der Waals surface area contributed by atoms with Gasteiger partial charge < -0.3 is 0 Å². The minimum Gasteiger partial charge on any atom is -0.264 e. The minimum absolute atomic E-state index is 0.348. The quantitative estimate of drug-likeness (QED) is 0.288. The zero-order valence-corrected chi connectivity index (χ0v) is 14.3. The van der Waals surface area contributed by atoms with Gasteiger partial charge >= 0.3 is 31.1 Å². The van der Waals surface area contributed by atoms with E-state index in [0.717, 1.165) is 28.2 Å². The van der Waals surface area contributed by atoms with Crippen molar-refractivity contribution in [2.45, 2.75) is 16.3 Å². The summed E-state index contributed by atoms with van der Waals surface area (Å²) in [6, 6.07) is 0. The first kappa shape index (κ1) is 22.6. The van der Waals surface area contributed by atoms with Crippen LogP contribution in [0.2, 0.25) is 0 Å². The Balaban J connectivity index is 7.00. The van der Waals surface area contributed by atoms with E-state index >= 15 is 0 Å². The third-order valence-corrected chi connectivity index (χ3v) is 7.17. The van der Waals surface area contributed by atoms with Crippen LogP contribution < -0.4 is 0 Å². The first-order valence-electron chi connectivity index (χ1n) is 5.22. The zero-order chi connectivity index (χ0) is 19.2. The molecule has 0 atom stereocenters. The Morgan fingerprint density at radius 3 is 1.04 bits per heavy atom. The number of nitrogens with zero attached hydrogens (tertiary/aromatic N) is 3. The Kier molecular flexibility index (Phi) is 6.09. The lowest BCUT2D eigenvalue weighted by Gasteiger charge is -2.44. The normalized spacial score (nSPS) is 15.7. The lowest BCUT2D eigenvalue weighted by atomic mass is 10.6. The Bertz CT molecular complexity index is 590. The fraction of sp³-hybridized carbons (Fsp3) is 1.00. The molecule has 140 valence electrons. The largest absolute Gasteiger partial charge is 0.512 e. The highest BCUT2D eigenvalue weighted by Gasteiger charge is 2.69. The molecule has 0 aromatic heterocycles. The summed E-state index contributed by atoms with van der Waals surface area (Å²) in [6.07, 6.45) is 0. The van der Waals surface area contributed by atoms with Crippen molar-refractivity contribution in [2.75, 3.05) is 28.2 Å². The van der Waals surface area contributed by atoms with Gasteiger partial charge in [0.1, 0.15) is 0 Å². The molecule has 0 rings (SSSR count). The van der Waals surface area contributed by atoms with Gasteiger partial charge in [-0.1, -0.05) is 11.6 Å². The number of hydrogen-bond acceptors (Lipinski definition) is 6. The molecule has 0 radical (unpaired) electrons. The number of hydrogen-bond donors (Lipinski definition) is 0.